The Morgan fingerprint density at radius 1 is 0.875 bits per heavy atom. The molecule has 130 valence electrons. The van der Waals surface area contributed by atoms with Gasteiger partial charge in [0.05, 0.1) is 32.7 Å². The minimum absolute atomic E-state index is 0.0628. The van der Waals surface area contributed by atoms with Gasteiger partial charge in [-0.15, -0.1) is 0 Å². The highest BCUT2D eigenvalue weighted by molar-refractivity contribution is 5.54. The summed E-state index contributed by atoms with van der Waals surface area (Å²) in [6.45, 7) is 6.12. The Morgan fingerprint density at radius 2 is 1.46 bits per heavy atom. The van der Waals surface area contributed by atoms with Gasteiger partial charge in [0.25, 0.3) is 0 Å². The SMILES string of the molecule is COc1cc(C(C)NC(C)c2nccnc2C)cc(OC)c1OC. The number of aryl methyl sites for hydroxylation is 1. The van der Waals surface area contributed by atoms with Crippen molar-refractivity contribution in [2.24, 2.45) is 0 Å². The van der Waals surface area contributed by atoms with Crippen molar-refractivity contribution >= 4 is 0 Å². The second kappa shape index (κ2) is 7.97. The van der Waals surface area contributed by atoms with Crippen LogP contribution in [0.2, 0.25) is 0 Å². The lowest BCUT2D eigenvalue weighted by molar-refractivity contribution is 0.322. The van der Waals surface area contributed by atoms with Crippen molar-refractivity contribution in [3.63, 3.8) is 0 Å². The van der Waals surface area contributed by atoms with Crippen LogP contribution in [-0.2, 0) is 0 Å². The summed E-state index contributed by atoms with van der Waals surface area (Å²) in [5, 5.41) is 3.54. The summed E-state index contributed by atoms with van der Waals surface area (Å²) in [5.41, 5.74) is 2.91. The van der Waals surface area contributed by atoms with Crippen LogP contribution in [0.4, 0.5) is 0 Å². The fraction of sp³-hybridized carbons (Fsp3) is 0.444. The van der Waals surface area contributed by atoms with Gasteiger partial charge in [0.1, 0.15) is 0 Å². The number of methoxy groups -OCH3 is 3. The van der Waals surface area contributed by atoms with Crippen LogP contribution in [0.5, 0.6) is 17.2 Å². The zero-order chi connectivity index (χ0) is 17.7. The van der Waals surface area contributed by atoms with Crippen molar-refractivity contribution in [1.82, 2.24) is 15.3 Å². The summed E-state index contributed by atoms with van der Waals surface area (Å²) < 4.78 is 16.2. The highest BCUT2D eigenvalue weighted by Crippen LogP contribution is 2.39. The van der Waals surface area contributed by atoms with Crippen molar-refractivity contribution < 1.29 is 14.2 Å². The van der Waals surface area contributed by atoms with Gasteiger partial charge in [-0.25, -0.2) is 0 Å². The standard InChI is InChI=1S/C18H25N3O3/c1-11(21-13(3)17-12(2)19-7-8-20-17)14-9-15(22-4)18(24-6)16(10-14)23-5/h7-11,13,21H,1-6H3. The molecule has 1 heterocycles. The Bertz CT molecular complexity index is 666. The smallest absolute Gasteiger partial charge is 0.203 e. The molecule has 24 heavy (non-hydrogen) atoms. The molecule has 0 amide bonds. The number of nitrogens with one attached hydrogen (secondary N) is 1. The summed E-state index contributed by atoms with van der Waals surface area (Å²) >= 11 is 0. The molecule has 0 radical (unpaired) electrons. The van der Waals surface area contributed by atoms with E-state index in [9.17, 15) is 0 Å². The third kappa shape index (κ3) is 3.76. The van der Waals surface area contributed by atoms with Crippen LogP contribution >= 0.6 is 0 Å². The topological polar surface area (TPSA) is 65.5 Å². The third-order valence-corrected chi connectivity index (χ3v) is 4.02. The summed E-state index contributed by atoms with van der Waals surface area (Å²) in [6.07, 6.45) is 3.42. The predicted octanol–water partition coefficient (Wildman–Crippen LogP) is 3.22. The van der Waals surface area contributed by atoms with Crippen LogP contribution in [0, 0.1) is 6.92 Å². The van der Waals surface area contributed by atoms with Gasteiger partial charge in [-0.05, 0) is 38.5 Å². The first-order chi connectivity index (χ1) is 11.5. The second-order valence-electron chi connectivity index (χ2n) is 5.60. The van der Waals surface area contributed by atoms with E-state index in [2.05, 4.69) is 29.1 Å². The van der Waals surface area contributed by atoms with E-state index in [1.807, 2.05) is 19.1 Å². The molecule has 2 aromatic rings. The molecule has 2 unspecified atom stereocenters. The average Bonchev–Trinajstić information content (AvgIpc) is 2.60. The van der Waals surface area contributed by atoms with Gasteiger partial charge in [-0.2, -0.15) is 0 Å². The van der Waals surface area contributed by atoms with E-state index in [1.54, 1.807) is 33.7 Å². The molecule has 0 aliphatic carbocycles. The second-order valence-corrected chi connectivity index (χ2v) is 5.60. The van der Waals surface area contributed by atoms with E-state index in [4.69, 9.17) is 14.2 Å². The molecule has 0 fully saturated rings. The van der Waals surface area contributed by atoms with Crippen LogP contribution in [0.15, 0.2) is 24.5 Å². The van der Waals surface area contributed by atoms with Crippen LogP contribution < -0.4 is 19.5 Å². The minimum atomic E-state index is 0.0628. The van der Waals surface area contributed by atoms with Crippen LogP contribution in [0.1, 0.15) is 42.9 Å². The molecule has 0 aliphatic heterocycles. The minimum Gasteiger partial charge on any atom is -0.493 e. The Labute approximate surface area is 143 Å². The zero-order valence-electron chi connectivity index (χ0n) is 15.1. The third-order valence-electron chi connectivity index (χ3n) is 4.02. The largest absolute Gasteiger partial charge is 0.493 e. The summed E-state index contributed by atoms with van der Waals surface area (Å²) in [5.74, 6) is 1.88. The van der Waals surface area contributed by atoms with E-state index >= 15 is 0 Å². The molecule has 0 aliphatic rings. The summed E-state index contributed by atoms with van der Waals surface area (Å²) in [4.78, 5) is 8.72. The first kappa shape index (κ1) is 18.0. The van der Waals surface area contributed by atoms with Gasteiger partial charge in [0.15, 0.2) is 11.5 Å². The number of nitrogens with zero attached hydrogens (tertiary/aromatic N) is 2. The van der Waals surface area contributed by atoms with Gasteiger partial charge >= 0.3 is 0 Å². The van der Waals surface area contributed by atoms with E-state index in [0.717, 1.165) is 17.0 Å². The van der Waals surface area contributed by atoms with E-state index in [1.165, 1.54) is 0 Å². The number of hydrogen-bond donors (Lipinski definition) is 1. The Balaban J connectivity index is 2.26. The van der Waals surface area contributed by atoms with E-state index in [-0.39, 0.29) is 12.1 Å². The van der Waals surface area contributed by atoms with Crippen LogP contribution in [0.25, 0.3) is 0 Å². The van der Waals surface area contributed by atoms with Crippen LogP contribution in [-0.4, -0.2) is 31.3 Å². The molecule has 2 atom stereocenters. The maximum atomic E-state index is 5.42. The normalized spacial score (nSPS) is 13.2. The molecule has 1 aromatic heterocycles. The monoisotopic (exact) mass is 331 g/mol. The zero-order valence-corrected chi connectivity index (χ0v) is 15.1. The van der Waals surface area contributed by atoms with Crippen molar-refractivity contribution in [3.05, 3.63) is 41.5 Å². The van der Waals surface area contributed by atoms with Crippen molar-refractivity contribution in [1.29, 1.82) is 0 Å². The molecular formula is C18H25N3O3. The number of rotatable bonds is 7. The van der Waals surface area contributed by atoms with Gasteiger partial charge < -0.3 is 19.5 Å². The first-order valence-corrected chi connectivity index (χ1v) is 7.85. The number of aromatic nitrogens is 2. The Hall–Kier alpha value is -2.34. The molecule has 1 aromatic carbocycles. The van der Waals surface area contributed by atoms with Gasteiger partial charge in [-0.3, -0.25) is 9.97 Å². The summed E-state index contributed by atoms with van der Waals surface area (Å²) in [7, 11) is 4.83. The summed E-state index contributed by atoms with van der Waals surface area (Å²) in [6, 6.07) is 4.03. The molecule has 1 N–H and O–H groups in total. The molecule has 6 heteroatoms. The molecule has 6 nitrogen and oxygen atoms in total. The quantitative estimate of drug-likeness (QED) is 0.840. The van der Waals surface area contributed by atoms with Crippen LogP contribution in [0.3, 0.4) is 0 Å². The lowest BCUT2D eigenvalue weighted by atomic mass is 10.0. The van der Waals surface area contributed by atoms with Crippen molar-refractivity contribution in [2.45, 2.75) is 32.9 Å². The molecule has 0 saturated heterocycles. The van der Waals surface area contributed by atoms with E-state index < -0.39 is 0 Å². The number of benzene rings is 1. The maximum Gasteiger partial charge on any atom is 0.203 e. The average molecular weight is 331 g/mol. The van der Waals surface area contributed by atoms with Crippen molar-refractivity contribution in [3.8, 4) is 17.2 Å². The number of ether oxygens (including phenoxy) is 3. The Morgan fingerprint density at radius 3 is 1.96 bits per heavy atom. The lowest BCUT2D eigenvalue weighted by Gasteiger charge is -2.22. The Kier molecular flexibility index (Phi) is 5.98. The van der Waals surface area contributed by atoms with Crippen molar-refractivity contribution in [2.75, 3.05) is 21.3 Å². The molecular weight excluding hydrogens is 306 g/mol. The van der Waals surface area contributed by atoms with Gasteiger partial charge in [0.2, 0.25) is 5.75 Å². The molecule has 0 bridgehead atoms. The fourth-order valence-corrected chi connectivity index (χ4v) is 2.74. The number of hydrogen-bond acceptors (Lipinski definition) is 6. The van der Waals surface area contributed by atoms with E-state index in [0.29, 0.717) is 17.2 Å². The molecule has 0 saturated carbocycles. The highest BCUT2D eigenvalue weighted by atomic mass is 16.5. The fourth-order valence-electron chi connectivity index (χ4n) is 2.74. The predicted molar refractivity (Wildman–Crippen MR) is 92.8 cm³/mol. The maximum absolute atomic E-state index is 5.42. The highest BCUT2D eigenvalue weighted by Gasteiger charge is 2.19. The first-order valence-electron chi connectivity index (χ1n) is 7.85. The van der Waals surface area contributed by atoms with Gasteiger partial charge in [0, 0.05) is 24.5 Å². The lowest BCUT2D eigenvalue weighted by Crippen LogP contribution is -2.24. The van der Waals surface area contributed by atoms with Gasteiger partial charge in [-0.1, -0.05) is 0 Å². The molecule has 0 spiro atoms. The molecule has 2 rings (SSSR count).